The van der Waals surface area contributed by atoms with Gasteiger partial charge in [0.25, 0.3) is 0 Å². The molecule has 1 aliphatic heterocycles. The molecule has 0 bridgehead atoms. The molecule has 0 radical (unpaired) electrons. The van der Waals surface area contributed by atoms with E-state index in [9.17, 15) is 9.59 Å². The molecule has 2 N–H and O–H groups in total. The molecule has 1 atom stereocenters. The number of nitrogens with zero attached hydrogens (tertiary/aromatic N) is 3. The van der Waals surface area contributed by atoms with Crippen LogP contribution in [0.25, 0.3) is 11.1 Å². The smallest absolute Gasteiger partial charge is 0.408 e. The van der Waals surface area contributed by atoms with Crippen molar-refractivity contribution in [2.45, 2.75) is 64.0 Å². The van der Waals surface area contributed by atoms with Crippen LogP contribution < -0.4 is 16.4 Å². The van der Waals surface area contributed by atoms with Gasteiger partial charge in [-0.2, -0.15) is 0 Å². The molecule has 1 aliphatic carbocycles. The van der Waals surface area contributed by atoms with Crippen LogP contribution in [-0.4, -0.2) is 40.2 Å². The van der Waals surface area contributed by atoms with Crippen molar-refractivity contribution in [1.82, 2.24) is 9.47 Å². The molecule has 2 heterocycles. The Labute approximate surface area is 171 Å². The number of hydrogen-bond acceptors (Lipinski definition) is 4. The SMILES string of the molecule is Cn1c(=O)oc2cc(N3CCN(C(N)=O)C(C)(C)C3CCCCC3CC3)ccc21. The number of anilines is 1. The fourth-order valence-electron chi connectivity index (χ4n) is 4.90. The zero-order valence-corrected chi connectivity index (χ0v) is 17.7. The molecule has 1 saturated carbocycles. The molecule has 158 valence electrons. The molecule has 2 aliphatic rings. The maximum atomic E-state index is 12.1. The van der Waals surface area contributed by atoms with Crippen molar-refractivity contribution < 1.29 is 9.21 Å². The lowest BCUT2D eigenvalue weighted by atomic mass is 9.84. The molecular weight excluding hydrogens is 368 g/mol. The summed E-state index contributed by atoms with van der Waals surface area (Å²) in [4.78, 5) is 28.1. The number of hydrogen-bond donors (Lipinski definition) is 1. The summed E-state index contributed by atoms with van der Waals surface area (Å²) in [5, 5.41) is 0. The van der Waals surface area contributed by atoms with E-state index < -0.39 is 0 Å². The number of unbranched alkanes of at least 4 members (excludes halogenated alkanes) is 1. The average Bonchev–Trinajstić information content (AvgIpc) is 3.44. The van der Waals surface area contributed by atoms with Gasteiger partial charge in [-0.05, 0) is 38.3 Å². The van der Waals surface area contributed by atoms with Gasteiger partial charge in [-0.15, -0.1) is 0 Å². The van der Waals surface area contributed by atoms with Crippen LogP contribution in [0.1, 0.15) is 52.4 Å². The van der Waals surface area contributed by atoms with E-state index in [2.05, 4.69) is 18.7 Å². The van der Waals surface area contributed by atoms with E-state index in [1.54, 1.807) is 11.9 Å². The van der Waals surface area contributed by atoms with Crippen molar-refractivity contribution in [2.75, 3.05) is 18.0 Å². The van der Waals surface area contributed by atoms with Crippen LogP contribution >= 0.6 is 0 Å². The first kappa shape index (κ1) is 19.9. The molecular formula is C22H32N4O3. The van der Waals surface area contributed by atoms with E-state index in [-0.39, 0.29) is 23.4 Å². The highest BCUT2D eigenvalue weighted by Gasteiger charge is 2.44. The fraction of sp³-hybridized carbons (Fsp3) is 0.636. The molecule has 2 amide bonds. The fourth-order valence-corrected chi connectivity index (χ4v) is 4.90. The number of aromatic nitrogens is 1. The second-order valence-corrected chi connectivity index (χ2v) is 9.16. The third kappa shape index (κ3) is 3.74. The Balaban J connectivity index is 1.61. The summed E-state index contributed by atoms with van der Waals surface area (Å²) >= 11 is 0. The van der Waals surface area contributed by atoms with Gasteiger partial charge >= 0.3 is 11.8 Å². The molecule has 1 aromatic heterocycles. The summed E-state index contributed by atoms with van der Waals surface area (Å²) < 4.78 is 6.92. The molecule has 1 saturated heterocycles. The molecule has 7 nitrogen and oxygen atoms in total. The van der Waals surface area contributed by atoms with Gasteiger partial charge in [0.15, 0.2) is 5.58 Å². The van der Waals surface area contributed by atoms with Crippen LogP contribution in [0.5, 0.6) is 0 Å². The summed E-state index contributed by atoms with van der Waals surface area (Å²) in [7, 11) is 1.71. The first-order valence-electron chi connectivity index (χ1n) is 10.7. The maximum absolute atomic E-state index is 12.1. The van der Waals surface area contributed by atoms with Gasteiger partial charge in [0, 0.05) is 31.9 Å². The summed E-state index contributed by atoms with van der Waals surface area (Å²) in [6, 6.07) is 5.72. The number of carbonyl (C=O) groups excluding carboxylic acids is 1. The molecule has 1 aromatic carbocycles. The minimum atomic E-state index is -0.379. The number of benzene rings is 1. The van der Waals surface area contributed by atoms with Crippen molar-refractivity contribution in [3.63, 3.8) is 0 Å². The number of aryl methyl sites for hydroxylation is 1. The van der Waals surface area contributed by atoms with Gasteiger partial charge in [0.2, 0.25) is 0 Å². The van der Waals surface area contributed by atoms with Gasteiger partial charge in [0.05, 0.1) is 17.1 Å². The third-order valence-corrected chi connectivity index (χ3v) is 6.86. The van der Waals surface area contributed by atoms with Gasteiger partial charge in [0.1, 0.15) is 0 Å². The molecule has 4 rings (SSSR count). The molecule has 1 unspecified atom stereocenters. The summed E-state index contributed by atoms with van der Waals surface area (Å²) in [6.07, 6.45) is 7.45. The van der Waals surface area contributed by atoms with Gasteiger partial charge in [-0.25, -0.2) is 9.59 Å². The molecule has 2 aromatic rings. The van der Waals surface area contributed by atoms with E-state index in [1.165, 1.54) is 30.3 Å². The van der Waals surface area contributed by atoms with E-state index in [1.807, 2.05) is 18.2 Å². The lowest BCUT2D eigenvalue weighted by Crippen LogP contribution is -2.68. The Bertz CT molecular complexity index is 957. The highest BCUT2D eigenvalue weighted by atomic mass is 16.4. The lowest BCUT2D eigenvalue weighted by molar-refractivity contribution is 0.0938. The number of urea groups is 1. The number of nitrogens with two attached hydrogens (primary N) is 1. The molecule has 0 spiro atoms. The Morgan fingerprint density at radius 3 is 2.62 bits per heavy atom. The number of carbonyl (C=O) groups is 1. The largest absolute Gasteiger partial charge is 0.419 e. The number of rotatable bonds is 6. The topological polar surface area (TPSA) is 84.7 Å². The minimum absolute atomic E-state index is 0.149. The summed E-state index contributed by atoms with van der Waals surface area (Å²) in [6.45, 7) is 5.51. The predicted molar refractivity (Wildman–Crippen MR) is 114 cm³/mol. The van der Waals surface area contributed by atoms with Crippen molar-refractivity contribution in [3.05, 3.63) is 28.7 Å². The van der Waals surface area contributed by atoms with Crippen molar-refractivity contribution >= 4 is 22.8 Å². The third-order valence-electron chi connectivity index (χ3n) is 6.86. The first-order chi connectivity index (χ1) is 13.8. The van der Waals surface area contributed by atoms with Crippen molar-refractivity contribution in [3.8, 4) is 0 Å². The van der Waals surface area contributed by atoms with Gasteiger partial charge in [-0.3, -0.25) is 4.57 Å². The molecule has 29 heavy (non-hydrogen) atoms. The normalized spacial score (nSPS) is 21.7. The van der Waals surface area contributed by atoms with E-state index in [4.69, 9.17) is 10.2 Å². The Morgan fingerprint density at radius 1 is 1.21 bits per heavy atom. The second kappa shape index (κ2) is 7.43. The minimum Gasteiger partial charge on any atom is -0.408 e. The number of primary amides is 1. The Kier molecular flexibility index (Phi) is 5.09. The number of piperazine rings is 1. The lowest BCUT2D eigenvalue weighted by Gasteiger charge is -2.53. The van der Waals surface area contributed by atoms with E-state index in [0.717, 1.165) is 30.0 Å². The van der Waals surface area contributed by atoms with Crippen LogP contribution in [0.15, 0.2) is 27.4 Å². The average molecular weight is 401 g/mol. The molecule has 7 heteroatoms. The Hall–Kier alpha value is -2.44. The quantitative estimate of drug-likeness (QED) is 0.753. The second-order valence-electron chi connectivity index (χ2n) is 9.16. The standard InChI is InChI=1S/C22H32N4O3/c1-22(2)19(7-5-4-6-15-8-9-15)25(12-13-26(22)20(23)27)16-10-11-17-18(14-16)29-21(28)24(17)3/h10-11,14-15,19H,4-9,12-13H2,1-3H3,(H2,23,27). The predicted octanol–water partition coefficient (Wildman–Crippen LogP) is 3.45. The van der Waals surface area contributed by atoms with Crippen molar-refractivity contribution in [1.29, 1.82) is 0 Å². The summed E-state index contributed by atoms with van der Waals surface area (Å²) in [5.41, 5.74) is 7.73. The van der Waals surface area contributed by atoms with Crippen LogP contribution in [0.4, 0.5) is 10.5 Å². The first-order valence-corrected chi connectivity index (χ1v) is 10.7. The van der Waals surface area contributed by atoms with Gasteiger partial charge in [-0.1, -0.05) is 32.1 Å². The van der Waals surface area contributed by atoms with Crippen LogP contribution in [-0.2, 0) is 7.05 Å². The highest BCUT2D eigenvalue weighted by Crippen LogP contribution is 2.37. The number of oxazole rings is 1. The molecule has 2 fully saturated rings. The zero-order chi connectivity index (χ0) is 20.8. The van der Waals surface area contributed by atoms with Gasteiger partial charge < -0.3 is 20.0 Å². The number of fused-ring (bicyclic) bond motifs is 1. The monoisotopic (exact) mass is 400 g/mol. The van der Waals surface area contributed by atoms with E-state index in [0.29, 0.717) is 18.7 Å². The van der Waals surface area contributed by atoms with Crippen LogP contribution in [0, 0.1) is 5.92 Å². The number of amides is 2. The van der Waals surface area contributed by atoms with E-state index >= 15 is 0 Å². The summed E-state index contributed by atoms with van der Waals surface area (Å²) in [5.74, 6) is 0.587. The van der Waals surface area contributed by atoms with Crippen LogP contribution in [0.2, 0.25) is 0 Å². The highest BCUT2D eigenvalue weighted by molar-refractivity contribution is 5.78. The van der Waals surface area contributed by atoms with Crippen LogP contribution in [0.3, 0.4) is 0 Å². The Morgan fingerprint density at radius 2 is 1.93 bits per heavy atom. The zero-order valence-electron chi connectivity index (χ0n) is 17.7. The van der Waals surface area contributed by atoms with Crippen molar-refractivity contribution in [2.24, 2.45) is 18.7 Å². The maximum Gasteiger partial charge on any atom is 0.419 e.